The Bertz CT molecular complexity index is 577. The highest BCUT2D eigenvalue weighted by atomic mass is 35.5. The van der Waals surface area contributed by atoms with Crippen LogP contribution in [0, 0.1) is 6.92 Å². The van der Waals surface area contributed by atoms with E-state index in [0.29, 0.717) is 19.0 Å². The SMILES string of the molecule is COCCNc1cc(Nc2ccc(C)c(Cl)c2)ncn1. The monoisotopic (exact) mass is 292 g/mol. The Labute approximate surface area is 123 Å². The second kappa shape index (κ2) is 7.07. The van der Waals surface area contributed by atoms with E-state index in [2.05, 4.69) is 20.6 Å². The number of rotatable bonds is 6. The molecule has 0 saturated carbocycles. The van der Waals surface area contributed by atoms with Crippen LogP contribution >= 0.6 is 11.6 Å². The zero-order valence-corrected chi connectivity index (χ0v) is 12.2. The number of methoxy groups -OCH3 is 1. The van der Waals surface area contributed by atoms with Gasteiger partial charge in [0.1, 0.15) is 18.0 Å². The molecule has 5 nitrogen and oxygen atoms in total. The lowest BCUT2D eigenvalue weighted by atomic mass is 10.2. The Morgan fingerprint density at radius 3 is 2.75 bits per heavy atom. The number of hydrogen-bond donors (Lipinski definition) is 2. The van der Waals surface area contributed by atoms with E-state index in [4.69, 9.17) is 16.3 Å². The molecule has 0 aliphatic carbocycles. The summed E-state index contributed by atoms with van der Waals surface area (Å²) in [6.07, 6.45) is 1.51. The first-order valence-corrected chi connectivity index (χ1v) is 6.65. The summed E-state index contributed by atoms with van der Waals surface area (Å²) in [6.45, 7) is 3.29. The van der Waals surface area contributed by atoms with Crippen molar-refractivity contribution in [2.24, 2.45) is 0 Å². The fraction of sp³-hybridized carbons (Fsp3) is 0.286. The van der Waals surface area contributed by atoms with Crippen molar-refractivity contribution in [3.63, 3.8) is 0 Å². The van der Waals surface area contributed by atoms with Crippen molar-refractivity contribution in [2.45, 2.75) is 6.92 Å². The van der Waals surface area contributed by atoms with Crippen LogP contribution in [-0.2, 0) is 4.74 Å². The highest BCUT2D eigenvalue weighted by molar-refractivity contribution is 6.31. The van der Waals surface area contributed by atoms with E-state index >= 15 is 0 Å². The van der Waals surface area contributed by atoms with Crippen LogP contribution in [-0.4, -0.2) is 30.2 Å². The summed E-state index contributed by atoms with van der Waals surface area (Å²) in [5.41, 5.74) is 1.93. The summed E-state index contributed by atoms with van der Waals surface area (Å²) in [5, 5.41) is 7.07. The molecule has 1 aromatic heterocycles. The summed E-state index contributed by atoms with van der Waals surface area (Å²) in [5.74, 6) is 1.46. The third-order valence-corrected chi connectivity index (χ3v) is 3.13. The predicted octanol–water partition coefficient (Wildman–Crippen LogP) is 3.24. The lowest BCUT2D eigenvalue weighted by Gasteiger charge is -2.09. The second-order valence-corrected chi connectivity index (χ2v) is 4.70. The zero-order valence-electron chi connectivity index (χ0n) is 11.5. The van der Waals surface area contributed by atoms with E-state index < -0.39 is 0 Å². The Balaban J connectivity index is 2.05. The van der Waals surface area contributed by atoms with E-state index in [9.17, 15) is 0 Å². The largest absolute Gasteiger partial charge is 0.383 e. The van der Waals surface area contributed by atoms with Crippen molar-refractivity contribution >= 4 is 28.9 Å². The maximum absolute atomic E-state index is 6.10. The Kier molecular flexibility index (Phi) is 5.15. The van der Waals surface area contributed by atoms with Crippen LogP contribution in [0.25, 0.3) is 0 Å². The minimum Gasteiger partial charge on any atom is -0.383 e. The van der Waals surface area contributed by atoms with Gasteiger partial charge in [-0.1, -0.05) is 17.7 Å². The molecule has 0 amide bonds. The van der Waals surface area contributed by atoms with Crippen molar-refractivity contribution in [1.82, 2.24) is 9.97 Å². The maximum atomic E-state index is 6.10. The molecular formula is C14H17ClN4O. The number of aryl methyl sites for hydroxylation is 1. The van der Waals surface area contributed by atoms with Gasteiger partial charge in [0.05, 0.1) is 6.61 Å². The summed E-state index contributed by atoms with van der Waals surface area (Å²) in [6, 6.07) is 7.63. The minimum atomic E-state index is 0.625. The third kappa shape index (κ3) is 4.08. The van der Waals surface area contributed by atoms with Crippen LogP contribution in [0.4, 0.5) is 17.3 Å². The molecule has 1 heterocycles. The van der Waals surface area contributed by atoms with Gasteiger partial charge in [-0.3, -0.25) is 0 Å². The first kappa shape index (κ1) is 14.6. The fourth-order valence-electron chi connectivity index (χ4n) is 1.62. The molecule has 6 heteroatoms. The van der Waals surface area contributed by atoms with Gasteiger partial charge in [0, 0.05) is 30.4 Å². The molecule has 0 spiro atoms. The van der Waals surface area contributed by atoms with Gasteiger partial charge < -0.3 is 15.4 Å². The maximum Gasteiger partial charge on any atom is 0.135 e. The average Bonchev–Trinajstić information content (AvgIpc) is 2.44. The predicted molar refractivity (Wildman–Crippen MR) is 81.9 cm³/mol. The third-order valence-electron chi connectivity index (χ3n) is 2.72. The number of nitrogens with zero attached hydrogens (tertiary/aromatic N) is 2. The molecule has 20 heavy (non-hydrogen) atoms. The molecule has 0 unspecified atom stereocenters. The van der Waals surface area contributed by atoms with Crippen LogP contribution in [0.1, 0.15) is 5.56 Å². The van der Waals surface area contributed by atoms with Crippen LogP contribution in [0.3, 0.4) is 0 Å². The van der Waals surface area contributed by atoms with Gasteiger partial charge in [0.15, 0.2) is 0 Å². The zero-order chi connectivity index (χ0) is 14.4. The van der Waals surface area contributed by atoms with E-state index in [1.807, 2.05) is 31.2 Å². The van der Waals surface area contributed by atoms with Gasteiger partial charge in [-0.2, -0.15) is 0 Å². The van der Waals surface area contributed by atoms with E-state index in [-0.39, 0.29) is 0 Å². The summed E-state index contributed by atoms with van der Waals surface area (Å²) in [4.78, 5) is 8.32. The number of nitrogens with one attached hydrogen (secondary N) is 2. The van der Waals surface area contributed by atoms with Gasteiger partial charge in [-0.25, -0.2) is 9.97 Å². The molecule has 0 fully saturated rings. The highest BCUT2D eigenvalue weighted by Gasteiger charge is 2.01. The number of anilines is 3. The van der Waals surface area contributed by atoms with Crippen LogP contribution < -0.4 is 10.6 Å². The summed E-state index contributed by atoms with van der Waals surface area (Å²) in [7, 11) is 1.66. The molecule has 0 aliphatic rings. The molecule has 0 aliphatic heterocycles. The summed E-state index contributed by atoms with van der Waals surface area (Å²) < 4.78 is 4.98. The van der Waals surface area contributed by atoms with Crippen LogP contribution in [0.2, 0.25) is 5.02 Å². The van der Waals surface area contributed by atoms with Crippen LogP contribution in [0.5, 0.6) is 0 Å². The summed E-state index contributed by atoms with van der Waals surface area (Å²) >= 11 is 6.10. The molecule has 1 aromatic carbocycles. The fourth-order valence-corrected chi connectivity index (χ4v) is 1.80. The molecule has 0 atom stereocenters. The molecule has 2 aromatic rings. The number of benzene rings is 1. The quantitative estimate of drug-likeness (QED) is 0.801. The Morgan fingerprint density at radius 1 is 1.20 bits per heavy atom. The molecule has 0 saturated heterocycles. The smallest absolute Gasteiger partial charge is 0.135 e. The van der Waals surface area contributed by atoms with Crippen LogP contribution in [0.15, 0.2) is 30.6 Å². The Hall–Kier alpha value is -1.85. The van der Waals surface area contributed by atoms with Gasteiger partial charge in [0.2, 0.25) is 0 Å². The lowest BCUT2D eigenvalue weighted by Crippen LogP contribution is -2.09. The van der Waals surface area contributed by atoms with Gasteiger partial charge in [-0.05, 0) is 24.6 Å². The van der Waals surface area contributed by atoms with Gasteiger partial charge in [-0.15, -0.1) is 0 Å². The lowest BCUT2D eigenvalue weighted by molar-refractivity contribution is 0.210. The molecule has 0 bridgehead atoms. The number of halogens is 1. The van der Waals surface area contributed by atoms with Gasteiger partial charge >= 0.3 is 0 Å². The molecule has 106 valence electrons. The first-order valence-electron chi connectivity index (χ1n) is 6.27. The normalized spacial score (nSPS) is 10.3. The molecular weight excluding hydrogens is 276 g/mol. The van der Waals surface area contributed by atoms with Crippen molar-refractivity contribution in [1.29, 1.82) is 0 Å². The van der Waals surface area contributed by atoms with Crippen molar-refractivity contribution in [2.75, 3.05) is 30.9 Å². The number of ether oxygens (including phenoxy) is 1. The van der Waals surface area contributed by atoms with Crippen molar-refractivity contribution < 1.29 is 4.74 Å². The molecule has 0 radical (unpaired) electrons. The van der Waals surface area contributed by atoms with Crippen molar-refractivity contribution in [3.8, 4) is 0 Å². The molecule has 2 rings (SSSR count). The minimum absolute atomic E-state index is 0.625. The number of hydrogen-bond acceptors (Lipinski definition) is 5. The topological polar surface area (TPSA) is 59.1 Å². The van der Waals surface area contributed by atoms with E-state index in [1.54, 1.807) is 7.11 Å². The highest BCUT2D eigenvalue weighted by Crippen LogP contribution is 2.22. The van der Waals surface area contributed by atoms with Crippen molar-refractivity contribution in [3.05, 3.63) is 41.2 Å². The average molecular weight is 293 g/mol. The van der Waals surface area contributed by atoms with E-state index in [1.165, 1.54) is 6.33 Å². The second-order valence-electron chi connectivity index (χ2n) is 4.30. The van der Waals surface area contributed by atoms with Gasteiger partial charge in [0.25, 0.3) is 0 Å². The molecule has 2 N–H and O–H groups in total. The van der Waals surface area contributed by atoms with E-state index in [0.717, 1.165) is 22.1 Å². The number of aromatic nitrogens is 2. The first-order chi connectivity index (χ1) is 9.69. The Morgan fingerprint density at radius 2 is 2.00 bits per heavy atom. The standard InChI is InChI=1S/C14H17ClN4O/c1-10-3-4-11(7-12(10)15)19-14-8-13(17-9-18-14)16-5-6-20-2/h3-4,7-9H,5-6H2,1-2H3,(H2,16,17,18,19).